The van der Waals surface area contributed by atoms with Crippen LogP contribution >= 0.6 is 0 Å². The summed E-state index contributed by atoms with van der Waals surface area (Å²) in [6.45, 7) is 7.55. The van der Waals surface area contributed by atoms with Crippen LogP contribution < -0.4 is 5.32 Å². The molecule has 4 heteroatoms. The fourth-order valence-corrected chi connectivity index (χ4v) is 1.58. The second-order valence-electron chi connectivity index (χ2n) is 4.24. The Bertz CT molecular complexity index is 314. The maximum absolute atomic E-state index is 12.7. The third kappa shape index (κ3) is 5.24. The standard InChI is InChI=1S/C13H21FN2O/c1-4-12(15-7-8-17-10(2)3)13-6-5-11(14)9-16-13/h5-6,9-10,12,15H,4,7-8H2,1-3H3. The molecule has 1 unspecified atom stereocenters. The van der Waals surface area contributed by atoms with E-state index < -0.39 is 0 Å². The smallest absolute Gasteiger partial charge is 0.141 e. The molecule has 0 bridgehead atoms. The molecule has 0 aromatic carbocycles. The minimum atomic E-state index is -0.299. The lowest BCUT2D eigenvalue weighted by molar-refractivity contribution is 0.0791. The molecule has 3 nitrogen and oxygen atoms in total. The summed E-state index contributed by atoms with van der Waals surface area (Å²) in [5.74, 6) is -0.299. The Morgan fingerprint density at radius 2 is 2.18 bits per heavy atom. The van der Waals surface area contributed by atoms with Crippen LogP contribution in [0.25, 0.3) is 0 Å². The molecule has 0 saturated heterocycles. The first-order chi connectivity index (χ1) is 8.13. The number of hydrogen-bond donors (Lipinski definition) is 1. The number of hydrogen-bond acceptors (Lipinski definition) is 3. The molecule has 1 aromatic rings. The van der Waals surface area contributed by atoms with Crippen molar-refractivity contribution >= 4 is 0 Å². The first-order valence-corrected chi connectivity index (χ1v) is 6.10. The number of aromatic nitrogens is 1. The molecule has 0 aliphatic heterocycles. The molecule has 0 radical (unpaired) electrons. The van der Waals surface area contributed by atoms with Gasteiger partial charge in [0.1, 0.15) is 5.82 Å². The van der Waals surface area contributed by atoms with E-state index in [9.17, 15) is 4.39 Å². The summed E-state index contributed by atoms with van der Waals surface area (Å²) in [5, 5.41) is 3.35. The molecule has 1 heterocycles. The van der Waals surface area contributed by atoms with Crippen molar-refractivity contribution in [3.63, 3.8) is 0 Å². The fraction of sp³-hybridized carbons (Fsp3) is 0.615. The van der Waals surface area contributed by atoms with E-state index >= 15 is 0 Å². The monoisotopic (exact) mass is 240 g/mol. The number of nitrogens with zero attached hydrogens (tertiary/aromatic N) is 1. The minimum absolute atomic E-state index is 0.159. The normalized spacial score (nSPS) is 13.0. The second kappa shape index (κ2) is 7.35. The predicted molar refractivity (Wildman–Crippen MR) is 66.3 cm³/mol. The molecule has 0 amide bonds. The van der Waals surface area contributed by atoms with Crippen LogP contribution in [0.1, 0.15) is 38.9 Å². The van der Waals surface area contributed by atoms with Gasteiger partial charge in [-0.2, -0.15) is 0 Å². The van der Waals surface area contributed by atoms with Gasteiger partial charge in [0.2, 0.25) is 0 Å². The van der Waals surface area contributed by atoms with Crippen LogP contribution in [0.2, 0.25) is 0 Å². The van der Waals surface area contributed by atoms with Crippen LogP contribution in [0.4, 0.5) is 4.39 Å². The Labute approximate surface area is 102 Å². The van der Waals surface area contributed by atoms with Crippen molar-refractivity contribution in [1.82, 2.24) is 10.3 Å². The minimum Gasteiger partial charge on any atom is -0.377 e. The maximum atomic E-state index is 12.7. The summed E-state index contributed by atoms with van der Waals surface area (Å²) in [7, 11) is 0. The molecule has 0 fully saturated rings. The average molecular weight is 240 g/mol. The Morgan fingerprint density at radius 1 is 1.41 bits per heavy atom. The molecule has 0 aliphatic carbocycles. The number of ether oxygens (including phenoxy) is 1. The highest BCUT2D eigenvalue weighted by molar-refractivity contribution is 5.09. The van der Waals surface area contributed by atoms with Gasteiger partial charge >= 0.3 is 0 Å². The van der Waals surface area contributed by atoms with Crippen LogP contribution in [0, 0.1) is 5.82 Å². The van der Waals surface area contributed by atoms with Gasteiger partial charge in [0, 0.05) is 12.6 Å². The zero-order chi connectivity index (χ0) is 12.7. The van der Waals surface area contributed by atoms with Gasteiger partial charge in [-0.05, 0) is 32.4 Å². The van der Waals surface area contributed by atoms with E-state index in [4.69, 9.17) is 4.74 Å². The molecule has 96 valence electrons. The summed E-state index contributed by atoms with van der Waals surface area (Å²) < 4.78 is 18.2. The van der Waals surface area contributed by atoms with Gasteiger partial charge in [-0.1, -0.05) is 6.92 Å². The lowest BCUT2D eigenvalue weighted by Gasteiger charge is -2.17. The van der Waals surface area contributed by atoms with E-state index in [0.29, 0.717) is 6.61 Å². The van der Waals surface area contributed by atoms with Crippen LogP contribution in [0.15, 0.2) is 18.3 Å². The van der Waals surface area contributed by atoms with Crippen molar-refractivity contribution in [2.75, 3.05) is 13.2 Å². The van der Waals surface area contributed by atoms with E-state index in [-0.39, 0.29) is 18.0 Å². The molecule has 17 heavy (non-hydrogen) atoms. The van der Waals surface area contributed by atoms with Crippen LogP contribution in [0.5, 0.6) is 0 Å². The molecule has 1 N–H and O–H groups in total. The van der Waals surface area contributed by atoms with E-state index in [0.717, 1.165) is 18.7 Å². The van der Waals surface area contributed by atoms with Gasteiger partial charge in [0.25, 0.3) is 0 Å². The molecular weight excluding hydrogens is 219 g/mol. The lowest BCUT2D eigenvalue weighted by Crippen LogP contribution is -2.26. The predicted octanol–water partition coefficient (Wildman–Crippen LogP) is 2.69. The number of halogens is 1. The first-order valence-electron chi connectivity index (χ1n) is 6.10. The molecule has 1 aromatic heterocycles. The highest BCUT2D eigenvalue weighted by Crippen LogP contribution is 2.13. The van der Waals surface area contributed by atoms with Gasteiger partial charge in [-0.15, -0.1) is 0 Å². The van der Waals surface area contributed by atoms with Gasteiger partial charge in [-0.3, -0.25) is 4.98 Å². The Morgan fingerprint density at radius 3 is 2.71 bits per heavy atom. The lowest BCUT2D eigenvalue weighted by atomic mass is 10.1. The highest BCUT2D eigenvalue weighted by Gasteiger charge is 2.09. The maximum Gasteiger partial charge on any atom is 0.141 e. The van der Waals surface area contributed by atoms with E-state index in [1.54, 1.807) is 6.07 Å². The number of rotatable bonds is 7. The van der Waals surface area contributed by atoms with Crippen LogP contribution in [-0.2, 0) is 4.74 Å². The summed E-state index contributed by atoms with van der Waals surface area (Å²) in [4.78, 5) is 4.08. The number of nitrogens with one attached hydrogen (secondary N) is 1. The first kappa shape index (κ1) is 14.1. The number of pyridine rings is 1. The van der Waals surface area contributed by atoms with Gasteiger partial charge in [0.05, 0.1) is 24.6 Å². The Balaban J connectivity index is 2.40. The van der Waals surface area contributed by atoms with Crippen molar-refractivity contribution in [3.8, 4) is 0 Å². The van der Waals surface area contributed by atoms with Crippen molar-refractivity contribution in [2.45, 2.75) is 39.3 Å². The van der Waals surface area contributed by atoms with Gasteiger partial charge in [0.15, 0.2) is 0 Å². The third-order valence-electron chi connectivity index (χ3n) is 2.46. The van der Waals surface area contributed by atoms with Crippen molar-refractivity contribution in [1.29, 1.82) is 0 Å². The summed E-state index contributed by atoms with van der Waals surface area (Å²) >= 11 is 0. The Kier molecular flexibility index (Phi) is 6.08. The quantitative estimate of drug-likeness (QED) is 0.744. The van der Waals surface area contributed by atoms with E-state index in [1.165, 1.54) is 12.3 Å². The fourth-order valence-electron chi connectivity index (χ4n) is 1.58. The van der Waals surface area contributed by atoms with Crippen molar-refractivity contribution in [3.05, 3.63) is 29.8 Å². The largest absolute Gasteiger partial charge is 0.377 e. The zero-order valence-electron chi connectivity index (χ0n) is 10.7. The Hall–Kier alpha value is -1.00. The molecule has 0 saturated carbocycles. The molecule has 0 spiro atoms. The molecule has 1 rings (SSSR count). The van der Waals surface area contributed by atoms with Crippen molar-refractivity contribution < 1.29 is 9.13 Å². The van der Waals surface area contributed by atoms with E-state index in [1.807, 2.05) is 13.8 Å². The average Bonchev–Trinajstić information content (AvgIpc) is 2.30. The topological polar surface area (TPSA) is 34.1 Å². The summed E-state index contributed by atoms with van der Waals surface area (Å²) in [6, 6.07) is 3.32. The van der Waals surface area contributed by atoms with Crippen LogP contribution in [-0.4, -0.2) is 24.2 Å². The third-order valence-corrected chi connectivity index (χ3v) is 2.46. The molecule has 0 aliphatic rings. The summed E-state index contributed by atoms with van der Waals surface area (Å²) in [6.07, 6.45) is 2.42. The van der Waals surface area contributed by atoms with E-state index in [2.05, 4.69) is 17.2 Å². The SMILES string of the molecule is CCC(NCCOC(C)C)c1ccc(F)cn1. The summed E-state index contributed by atoms with van der Waals surface area (Å²) in [5.41, 5.74) is 0.874. The van der Waals surface area contributed by atoms with Gasteiger partial charge < -0.3 is 10.1 Å². The zero-order valence-corrected chi connectivity index (χ0v) is 10.7. The highest BCUT2D eigenvalue weighted by atomic mass is 19.1. The van der Waals surface area contributed by atoms with Crippen molar-refractivity contribution in [2.24, 2.45) is 0 Å². The molecular formula is C13H21FN2O. The second-order valence-corrected chi connectivity index (χ2v) is 4.24. The molecule has 1 atom stereocenters. The van der Waals surface area contributed by atoms with Crippen LogP contribution in [0.3, 0.4) is 0 Å². The van der Waals surface area contributed by atoms with Gasteiger partial charge in [-0.25, -0.2) is 4.39 Å².